The van der Waals surface area contributed by atoms with Gasteiger partial charge in [0, 0.05) is 77.2 Å². The fourth-order valence-corrected chi connectivity index (χ4v) is 6.07. The monoisotopic (exact) mass is 630 g/mol. The maximum Gasteiger partial charge on any atom is 0.307 e. The van der Waals surface area contributed by atoms with Crippen molar-refractivity contribution in [1.82, 2.24) is 0 Å². The number of hydrogen-bond acceptors (Lipinski definition) is 2. The molecule has 22 rings (SSSR count). The Morgan fingerprint density at radius 3 is 1.40 bits per heavy atom. The first-order valence-corrected chi connectivity index (χ1v) is 16.3. The first kappa shape index (κ1) is 30.7. The van der Waals surface area contributed by atoms with Crippen molar-refractivity contribution < 1.29 is 27.8 Å². The number of benzene rings is 2. The van der Waals surface area contributed by atoms with E-state index in [1.54, 1.807) is 0 Å². The topological polar surface area (TPSA) is 41.8 Å². The summed E-state index contributed by atoms with van der Waals surface area (Å²) in [5.74, 6) is 2.24. The molecule has 12 bridgehead atoms. The zero-order valence-electron chi connectivity index (χ0n) is 26.9. The van der Waals surface area contributed by atoms with Crippen LogP contribution in [0.15, 0.2) is 141 Å². The number of terminal acetylenes is 1. The maximum absolute atomic E-state index is 12.3. The van der Waals surface area contributed by atoms with Crippen LogP contribution in [0.3, 0.4) is 0 Å². The Balaban J connectivity index is 1.20. The SMILES string of the molecule is C#CCCC(=O)OCc1cc2ccc1C[n+]1ccc(cc1)-c1cc[n+](cc1)Cc1ccc(cc1)C[n+]1ccc(cc1)-c1cc[n+](cc1)C2. The van der Waals surface area contributed by atoms with E-state index in [-0.39, 0.29) is 19.0 Å². The van der Waals surface area contributed by atoms with E-state index < -0.39 is 0 Å². The molecule has 0 fully saturated rings. The fraction of sp³-hybridized carbons (Fsp3) is 0.167. The van der Waals surface area contributed by atoms with Crippen LogP contribution in [-0.4, -0.2) is 5.97 Å². The maximum atomic E-state index is 12.3. The van der Waals surface area contributed by atoms with Crippen LogP contribution in [0.1, 0.15) is 40.7 Å². The van der Waals surface area contributed by atoms with Crippen LogP contribution in [0.2, 0.25) is 0 Å². The van der Waals surface area contributed by atoms with Crippen LogP contribution in [0.25, 0.3) is 22.3 Å². The Bertz CT molecular complexity index is 2060. The third-order valence-electron chi connectivity index (χ3n) is 8.84. The molecule has 48 heavy (non-hydrogen) atoms. The standard InChI is InChI=1S/C42H38N4O2/c1-2-3-4-42(47)48-32-41-27-35-9-10-40(41)31-46-25-17-39(18-26-46)37-13-21-44(22-14-37)29-34-7-5-33(6-8-34)28-43-19-11-36(12-20-43)38-15-23-45(30-35)24-16-38/h1,5-27H,3-4,28-32H2/q+4. The van der Waals surface area contributed by atoms with E-state index in [2.05, 4.69) is 165 Å². The first-order valence-electron chi connectivity index (χ1n) is 16.3. The number of pyridine rings is 4. The molecule has 0 atom stereocenters. The second kappa shape index (κ2) is 14.2. The minimum absolute atomic E-state index is 0.205. The fourth-order valence-electron chi connectivity index (χ4n) is 6.07. The van der Waals surface area contributed by atoms with Crippen molar-refractivity contribution in [3.05, 3.63) is 168 Å². The number of hydrogen-bond donors (Lipinski definition) is 0. The highest BCUT2D eigenvalue weighted by molar-refractivity contribution is 5.69. The van der Waals surface area contributed by atoms with Gasteiger partial charge in [-0.15, -0.1) is 12.3 Å². The van der Waals surface area contributed by atoms with Gasteiger partial charge < -0.3 is 4.74 Å². The summed E-state index contributed by atoms with van der Waals surface area (Å²) in [5, 5.41) is 0. The van der Waals surface area contributed by atoms with E-state index in [9.17, 15) is 4.79 Å². The summed E-state index contributed by atoms with van der Waals surface area (Å²) in [4.78, 5) is 12.3. The predicted molar refractivity (Wildman–Crippen MR) is 182 cm³/mol. The lowest BCUT2D eigenvalue weighted by molar-refractivity contribution is -0.689. The van der Waals surface area contributed by atoms with Gasteiger partial charge in [-0.05, 0) is 33.9 Å². The van der Waals surface area contributed by atoms with Crippen molar-refractivity contribution in [2.24, 2.45) is 0 Å². The van der Waals surface area contributed by atoms with E-state index in [1.165, 1.54) is 27.8 Å². The molecule has 0 spiro atoms. The average Bonchev–Trinajstić information content (AvgIpc) is 3.12. The predicted octanol–water partition coefficient (Wildman–Crippen LogP) is 5.13. The van der Waals surface area contributed by atoms with Crippen molar-refractivity contribution in [2.75, 3.05) is 0 Å². The second-order valence-corrected chi connectivity index (χ2v) is 12.3. The normalized spacial score (nSPS) is 12.1. The van der Waals surface area contributed by atoms with Gasteiger partial charge in [-0.1, -0.05) is 36.4 Å². The van der Waals surface area contributed by atoms with E-state index in [1.807, 2.05) is 0 Å². The Labute approximate surface area is 281 Å². The van der Waals surface area contributed by atoms with Crippen LogP contribution in [-0.2, 0) is 42.3 Å². The minimum atomic E-state index is -0.281. The summed E-state index contributed by atoms with van der Waals surface area (Å²) >= 11 is 0. The summed E-state index contributed by atoms with van der Waals surface area (Å²) in [6, 6.07) is 32.6. The van der Waals surface area contributed by atoms with Gasteiger partial charge in [0.25, 0.3) is 0 Å². The number of nitrogens with zero attached hydrogens (tertiary/aromatic N) is 4. The zero-order valence-corrected chi connectivity index (χ0v) is 26.9. The Morgan fingerprint density at radius 1 is 0.562 bits per heavy atom. The molecule has 0 radical (unpaired) electrons. The van der Waals surface area contributed by atoms with Gasteiger partial charge in [-0.25, -0.2) is 18.3 Å². The number of esters is 1. The molecule has 6 aromatic rings. The summed E-state index contributed by atoms with van der Waals surface area (Å²) in [7, 11) is 0. The molecule has 6 nitrogen and oxygen atoms in total. The number of carbonyl (C=O) groups is 1. The van der Waals surface area contributed by atoms with Gasteiger partial charge in [0.05, 0.1) is 6.42 Å². The molecule has 6 heteroatoms. The second-order valence-electron chi connectivity index (χ2n) is 12.3. The number of ether oxygens (including phenoxy) is 1. The lowest BCUT2D eigenvalue weighted by Gasteiger charge is -2.11. The van der Waals surface area contributed by atoms with Crippen molar-refractivity contribution in [2.45, 2.75) is 45.6 Å². The molecular weight excluding hydrogens is 592 g/mol. The summed E-state index contributed by atoms with van der Waals surface area (Å²) < 4.78 is 14.4. The number of aromatic nitrogens is 4. The molecule has 0 saturated heterocycles. The van der Waals surface area contributed by atoms with Crippen molar-refractivity contribution >= 4 is 5.97 Å². The lowest BCUT2D eigenvalue weighted by Crippen LogP contribution is -2.35. The lowest BCUT2D eigenvalue weighted by atomic mass is 10.0. The Hall–Kier alpha value is -5.93. The minimum Gasteiger partial charge on any atom is -0.461 e. The largest absolute Gasteiger partial charge is 0.461 e. The first-order chi connectivity index (χ1) is 23.6. The molecule has 0 saturated carbocycles. The molecule has 0 amide bonds. The smallest absolute Gasteiger partial charge is 0.307 e. The molecule has 20 heterocycles. The molecule has 0 aliphatic carbocycles. The highest BCUT2D eigenvalue weighted by atomic mass is 16.5. The highest BCUT2D eigenvalue weighted by Gasteiger charge is 2.15. The molecule has 0 N–H and O–H groups in total. The van der Waals surface area contributed by atoms with Crippen LogP contribution < -0.4 is 18.3 Å². The Kier molecular flexibility index (Phi) is 9.11. The number of carbonyl (C=O) groups excluding carboxylic acids is 1. The van der Waals surface area contributed by atoms with E-state index >= 15 is 0 Å². The quantitative estimate of drug-likeness (QED) is 0.154. The van der Waals surface area contributed by atoms with Crippen LogP contribution >= 0.6 is 0 Å². The summed E-state index contributed by atoms with van der Waals surface area (Å²) in [6.45, 7) is 3.19. The average molecular weight is 631 g/mol. The third kappa shape index (κ3) is 7.54. The number of rotatable bonds is 4. The molecular formula is C42H38N4O2+4. The summed E-state index contributed by atoms with van der Waals surface area (Å²) in [6.07, 6.45) is 23.0. The molecule has 234 valence electrons. The zero-order chi connectivity index (χ0) is 32.7. The van der Waals surface area contributed by atoms with Gasteiger partial charge in [-0.3, -0.25) is 4.79 Å². The molecule has 4 aromatic heterocycles. The van der Waals surface area contributed by atoms with Crippen LogP contribution in [0.5, 0.6) is 0 Å². The van der Waals surface area contributed by atoms with Crippen molar-refractivity contribution in [3.63, 3.8) is 0 Å². The van der Waals surface area contributed by atoms with Crippen molar-refractivity contribution in [3.8, 4) is 34.6 Å². The third-order valence-corrected chi connectivity index (χ3v) is 8.84. The highest BCUT2D eigenvalue weighted by Crippen LogP contribution is 2.19. The Morgan fingerprint density at radius 2 is 0.958 bits per heavy atom. The summed E-state index contributed by atoms with van der Waals surface area (Å²) in [5.41, 5.74) is 10.4. The molecule has 2 aromatic carbocycles. The van der Waals surface area contributed by atoms with Crippen LogP contribution in [0.4, 0.5) is 0 Å². The van der Waals surface area contributed by atoms with Gasteiger partial charge in [-0.2, -0.15) is 0 Å². The van der Waals surface area contributed by atoms with Gasteiger partial charge in [0.15, 0.2) is 75.8 Å². The van der Waals surface area contributed by atoms with E-state index in [0.717, 1.165) is 35.3 Å². The molecule has 16 aliphatic heterocycles. The van der Waals surface area contributed by atoms with Gasteiger partial charge in [0.1, 0.15) is 6.61 Å². The van der Waals surface area contributed by atoms with Gasteiger partial charge >= 0.3 is 5.97 Å². The van der Waals surface area contributed by atoms with Gasteiger partial charge in [0.2, 0.25) is 0 Å². The molecule has 16 aliphatic rings. The van der Waals surface area contributed by atoms with Crippen molar-refractivity contribution in [1.29, 1.82) is 0 Å². The van der Waals surface area contributed by atoms with E-state index in [4.69, 9.17) is 11.2 Å². The van der Waals surface area contributed by atoms with E-state index in [0.29, 0.717) is 19.5 Å². The molecule has 0 unspecified atom stereocenters. The van der Waals surface area contributed by atoms with Crippen LogP contribution in [0, 0.1) is 12.3 Å².